The van der Waals surface area contributed by atoms with Crippen LogP contribution in [0.25, 0.3) is 0 Å². The third kappa shape index (κ3) is 3.33. The summed E-state index contributed by atoms with van der Waals surface area (Å²) < 4.78 is 13.3. The van der Waals surface area contributed by atoms with E-state index in [2.05, 4.69) is 20.6 Å². The number of nitrogens with one attached hydrogen (secondary N) is 2. The molecule has 0 radical (unpaired) electrons. The van der Waals surface area contributed by atoms with Gasteiger partial charge in [-0.2, -0.15) is 0 Å². The van der Waals surface area contributed by atoms with Gasteiger partial charge in [0.1, 0.15) is 11.6 Å². The molecule has 0 saturated heterocycles. The number of nitrogens with zero attached hydrogens (tertiary/aromatic N) is 2. The fourth-order valence-corrected chi connectivity index (χ4v) is 2.80. The number of hydrogen-bond acceptors (Lipinski definition) is 5. The van der Waals surface area contributed by atoms with Gasteiger partial charge in [-0.25, -0.2) is 14.4 Å². The molecule has 0 spiro atoms. The molecular weight excluding hydrogens is 287 g/mol. The van der Waals surface area contributed by atoms with Crippen LogP contribution in [-0.4, -0.2) is 29.3 Å². The molecule has 1 aliphatic rings. The monoisotopic (exact) mass is 304 g/mol. The van der Waals surface area contributed by atoms with E-state index in [4.69, 9.17) is 0 Å². The standard InChI is InChI=1S/C15H17FN4S/c1-21-15-19-13-6-8-17-7-5-12(13)14(20-15)18-11-4-2-3-10(16)9-11/h2-4,9,17H,5-8H2,1H3,(H,18,19,20). The second kappa shape index (κ2) is 6.41. The van der Waals surface area contributed by atoms with Crippen molar-refractivity contribution >= 4 is 23.3 Å². The molecule has 2 heterocycles. The number of hydrogen-bond donors (Lipinski definition) is 2. The molecule has 21 heavy (non-hydrogen) atoms. The molecule has 1 aromatic heterocycles. The van der Waals surface area contributed by atoms with E-state index in [0.717, 1.165) is 48.2 Å². The fraction of sp³-hybridized carbons (Fsp3) is 0.333. The largest absolute Gasteiger partial charge is 0.340 e. The Morgan fingerprint density at radius 1 is 1.24 bits per heavy atom. The van der Waals surface area contributed by atoms with Gasteiger partial charge in [0.2, 0.25) is 0 Å². The van der Waals surface area contributed by atoms with Crippen molar-refractivity contribution in [3.05, 3.63) is 41.3 Å². The maximum absolute atomic E-state index is 13.3. The molecule has 0 amide bonds. The minimum atomic E-state index is -0.257. The molecule has 2 N–H and O–H groups in total. The van der Waals surface area contributed by atoms with E-state index >= 15 is 0 Å². The summed E-state index contributed by atoms with van der Waals surface area (Å²) in [7, 11) is 0. The molecule has 4 nitrogen and oxygen atoms in total. The van der Waals surface area contributed by atoms with E-state index in [1.165, 1.54) is 23.9 Å². The first-order valence-electron chi connectivity index (χ1n) is 6.93. The third-order valence-corrected chi connectivity index (χ3v) is 3.98. The zero-order chi connectivity index (χ0) is 14.7. The summed E-state index contributed by atoms with van der Waals surface area (Å²) in [6, 6.07) is 6.44. The first-order chi connectivity index (χ1) is 10.3. The van der Waals surface area contributed by atoms with Gasteiger partial charge >= 0.3 is 0 Å². The summed E-state index contributed by atoms with van der Waals surface area (Å²) in [6.45, 7) is 1.84. The van der Waals surface area contributed by atoms with Gasteiger partial charge < -0.3 is 10.6 Å². The highest BCUT2D eigenvalue weighted by Gasteiger charge is 2.16. The number of halogens is 1. The van der Waals surface area contributed by atoms with Crippen molar-refractivity contribution < 1.29 is 4.39 Å². The Kier molecular flexibility index (Phi) is 4.36. The van der Waals surface area contributed by atoms with Crippen molar-refractivity contribution in [2.45, 2.75) is 18.0 Å². The van der Waals surface area contributed by atoms with Gasteiger partial charge in [0.25, 0.3) is 0 Å². The van der Waals surface area contributed by atoms with Gasteiger partial charge in [-0.3, -0.25) is 0 Å². The lowest BCUT2D eigenvalue weighted by Gasteiger charge is -2.14. The van der Waals surface area contributed by atoms with E-state index in [-0.39, 0.29) is 5.82 Å². The zero-order valence-corrected chi connectivity index (χ0v) is 12.6. The maximum atomic E-state index is 13.3. The van der Waals surface area contributed by atoms with Crippen LogP contribution in [-0.2, 0) is 12.8 Å². The molecule has 6 heteroatoms. The van der Waals surface area contributed by atoms with Gasteiger partial charge in [-0.1, -0.05) is 17.8 Å². The van der Waals surface area contributed by atoms with E-state index in [9.17, 15) is 4.39 Å². The van der Waals surface area contributed by atoms with Crippen molar-refractivity contribution in [3.8, 4) is 0 Å². The molecule has 0 fully saturated rings. The highest BCUT2D eigenvalue weighted by molar-refractivity contribution is 7.98. The van der Waals surface area contributed by atoms with Gasteiger partial charge in [-0.15, -0.1) is 0 Å². The highest BCUT2D eigenvalue weighted by Crippen LogP contribution is 2.26. The Hall–Kier alpha value is -1.66. The lowest BCUT2D eigenvalue weighted by Crippen LogP contribution is -2.16. The van der Waals surface area contributed by atoms with Crippen molar-refractivity contribution in [3.63, 3.8) is 0 Å². The Bertz CT molecular complexity index is 648. The molecule has 3 rings (SSSR count). The van der Waals surface area contributed by atoms with Gasteiger partial charge in [0.05, 0.1) is 5.69 Å². The van der Waals surface area contributed by atoms with E-state index in [0.29, 0.717) is 5.69 Å². The first-order valence-corrected chi connectivity index (χ1v) is 8.16. The van der Waals surface area contributed by atoms with Crippen LogP contribution in [0.15, 0.2) is 29.4 Å². The number of aromatic nitrogens is 2. The second-order valence-corrected chi connectivity index (χ2v) is 5.64. The summed E-state index contributed by atoms with van der Waals surface area (Å²) in [5.74, 6) is 0.533. The molecule has 0 atom stereocenters. The predicted molar refractivity (Wildman–Crippen MR) is 83.8 cm³/mol. The molecule has 1 aromatic carbocycles. The molecule has 0 bridgehead atoms. The maximum Gasteiger partial charge on any atom is 0.189 e. The number of anilines is 2. The van der Waals surface area contributed by atoms with Crippen molar-refractivity contribution in [2.75, 3.05) is 24.7 Å². The van der Waals surface area contributed by atoms with Crippen LogP contribution in [0.2, 0.25) is 0 Å². The van der Waals surface area contributed by atoms with Crippen LogP contribution in [0, 0.1) is 5.82 Å². The van der Waals surface area contributed by atoms with Crippen LogP contribution in [0.4, 0.5) is 15.9 Å². The Balaban J connectivity index is 1.99. The highest BCUT2D eigenvalue weighted by atomic mass is 32.2. The molecule has 0 unspecified atom stereocenters. The first kappa shape index (κ1) is 14.3. The minimum absolute atomic E-state index is 0.257. The van der Waals surface area contributed by atoms with E-state index in [1.807, 2.05) is 12.3 Å². The SMILES string of the molecule is CSc1nc2c(c(Nc3cccc(F)c3)n1)CCNCC2. The minimum Gasteiger partial charge on any atom is -0.340 e. The van der Waals surface area contributed by atoms with Crippen LogP contribution >= 0.6 is 11.8 Å². The molecule has 0 saturated carbocycles. The fourth-order valence-electron chi connectivity index (χ4n) is 2.42. The quantitative estimate of drug-likeness (QED) is 0.674. The van der Waals surface area contributed by atoms with E-state index < -0.39 is 0 Å². The van der Waals surface area contributed by atoms with E-state index in [1.54, 1.807) is 6.07 Å². The molecule has 2 aromatic rings. The van der Waals surface area contributed by atoms with Crippen molar-refractivity contribution in [1.29, 1.82) is 0 Å². The summed E-state index contributed by atoms with van der Waals surface area (Å²) in [4.78, 5) is 9.17. The summed E-state index contributed by atoms with van der Waals surface area (Å²) in [5.41, 5.74) is 2.92. The van der Waals surface area contributed by atoms with Crippen LogP contribution in [0.1, 0.15) is 11.3 Å². The summed E-state index contributed by atoms with van der Waals surface area (Å²) in [5, 5.41) is 7.36. The van der Waals surface area contributed by atoms with Gasteiger partial charge in [0.15, 0.2) is 5.16 Å². The number of thioether (sulfide) groups is 1. The zero-order valence-electron chi connectivity index (χ0n) is 11.8. The average molecular weight is 304 g/mol. The van der Waals surface area contributed by atoms with Crippen molar-refractivity contribution in [1.82, 2.24) is 15.3 Å². The second-order valence-electron chi connectivity index (χ2n) is 4.87. The average Bonchev–Trinajstić information content (AvgIpc) is 2.72. The third-order valence-electron chi connectivity index (χ3n) is 3.43. The topological polar surface area (TPSA) is 49.8 Å². The number of benzene rings is 1. The summed E-state index contributed by atoms with van der Waals surface area (Å²) >= 11 is 1.52. The Morgan fingerprint density at radius 2 is 2.10 bits per heavy atom. The van der Waals surface area contributed by atoms with Gasteiger partial charge in [-0.05, 0) is 37.4 Å². The normalized spacial score (nSPS) is 14.4. The smallest absolute Gasteiger partial charge is 0.189 e. The van der Waals surface area contributed by atoms with Gasteiger partial charge in [0, 0.05) is 24.2 Å². The van der Waals surface area contributed by atoms with Crippen molar-refractivity contribution in [2.24, 2.45) is 0 Å². The lowest BCUT2D eigenvalue weighted by molar-refractivity contribution is 0.628. The molecular formula is C15H17FN4S. The molecule has 0 aliphatic carbocycles. The van der Waals surface area contributed by atoms with Crippen LogP contribution < -0.4 is 10.6 Å². The molecule has 110 valence electrons. The number of fused-ring (bicyclic) bond motifs is 1. The summed E-state index contributed by atoms with van der Waals surface area (Å²) in [6.07, 6.45) is 3.73. The van der Waals surface area contributed by atoms with Crippen LogP contribution in [0.5, 0.6) is 0 Å². The lowest BCUT2D eigenvalue weighted by atomic mass is 10.1. The van der Waals surface area contributed by atoms with Crippen LogP contribution in [0.3, 0.4) is 0 Å². The molecule has 1 aliphatic heterocycles. The predicted octanol–water partition coefficient (Wildman–Crippen LogP) is 2.77. The Morgan fingerprint density at radius 3 is 2.90 bits per heavy atom. The Labute approximate surface area is 127 Å². The number of rotatable bonds is 3.